The molecule has 0 heterocycles. The molecule has 1 unspecified atom stereocenters. The average molecular weight is 614 g/mol. The number of hydrogen-bond acceptors (Lipinski definition) is 5. The van der Waals surface area contributed by atoms with Crippen molar-refractivity contribution in [3.8, 4) is 5.75 Å². The molecule has 0 fully saturated rings. The zero-order chi connectivity index (χ0) is 31.1. The molecule has 10 heteroatoms. The van der Waals surface area contributed by atoms with Gasteiger partial charge in [-0.2, -0.15) is 0 Å². The van der Waals surface area contributed by atoms with Crippen LogP contribution < -0.4 is 14.4 Å². The number of nitrogens with zero attached hydrogens (tertiary/aromatic N) is 2. The maximum atomic E-state index is 14.2. The molecule has 0 bridgehead atoms. The standard InChI is InChI=1S/C32H40ClN3O5S/c1-7-29(31(38)34-32(4,5)6)35(21-24-11-9-10-12-28(24)33)30(37)22-36(25-15-13-23(3)14-16-25)42(39,40)27-19-17-26(18-20-27)41-8-2/h9-20,29H,7-8,21-22H2,1-6H3,(H,34,38). The fraction of sp³-hybridized carbons (Fsp3) is 0.375. The molecule has 0 spiro atoms. The molecule has 3 aromatic rings. The Kier molecular flexibility index (Phi) is 11.0. The number of ether oxygens (including phenoxy) is 1. The van der Waals surface area contributed by atoms with E-state index >= 15 is 0 Å². The zero-order valence-electron chi connectivity index (χ0n) is 25.1. The summed E-state index contributed by atoms with van der Waals surface area (Å²) in [4.78, 5) is 29.0. The Morgan fingerprint density at radius 3 is 2.12 bits per heavy atom. The SMILES string of the molecule is CCOc1ccc(S(=O)(=O)N(CC(=O)N(Cc2ccccc2Cl)C(CC)C(=O)NC(C)(C)C)c2ccc(C)cc2)cc1. The van der Waals surface area contributed by atoms with Gasteiger partial charge in [-0.1, -0.05) is 54.4 Å². The molecular formula is C32H40ClN3O5S. The molecule has 3 aromatic carbocycles. The minimum absolute atomic E-state index is 0.00880. The van der Waals surface area contributed by atoms with Crippen LogP contribution in [0.5, 0.6) is 5.75 Å². The Hall–Kier alpha value is -3.56. The molecule has 42 heavy (non-hydrogen) atoms. The van der Waals surface area contributed by atoms with E-state index < -0.39 is 34.1 Å². The highest BCUT2D eigenvalue weighted by atomic mass is 35.5. The van der Waals surface area contributed by atoms with Crippen LogP contribution >= 0.6 is 11.6 Å². The van der Waals surface area contributed by atoms with Crippen LogP contribution in [0.25, 0.3) is 0 Å². The van der Waals surface area contributed by atoms with Gasteiger partial charge >= 0.3 is 0 Å². The van der Waals surface area contributed by atoms with Crippen LogP contribution in [-0.2, 0) is 26.2 Å². The third-order valence-corrected chi connectivity index (χ3v) is 8.66. The Morgan fingerprint density at radius 2 is 1.57 bits per heavy atom. The maximum Gasteiger partial charge on any atom is 0.264 e. The highest BCUT2D eigenvalue weighted by Crippen LogP contribution is 2.27. The monoisotopic (exact) mass is 613 g/mol. The van der Waals surface area contributed by atoms with Gasteiger partial charge in [-0.05, 0) is 89.1 Å². The van der Waals surface area contributed by atoms with Crippen molar-refractivity contribution in [1.82, 2.24) is 10.2 Å². The minimum atomic E-state index is -4.19. The number of nitrogens with one attached hydrogen (secondary N) is 1. The predicted octanol–water partition coefficient (Wildman–Crippen LogP) is 5.96. The molecule has 0 aliphatic rings. The number of sulfonamides is 1. The highest BCUT2D eigenvalue weighted by Gasteiger charge is 2.34. The summed E-state index contributed by atoms with van der Waals surface area (Å²) in [6.07, 6.45) is 0.314. The molecule has 0 saturated carbocycles. The van der Waals surface area contributed by atoms with E-state index in [0.29, 0.717) is 35.1 Å². The lowest BCUT2D eigenvalue weighted by atomic mass is 10.1. The van der Waals surface area contributed by atoms with E-state index in [0.717, 1.165) is 9.87 Å². The van der Waals surface area contributed by atoms with Crippen LogP contribution in [0, 0.1) is 6.92 Å². The Balaban J connectivity index is 2.07. The van der Waals surface area contributed by atoms with Crippen LogP contribution in [0.4, 0.5) is 5.69 Å². The van der Waals surface area contributed by atoms with E-state index in [-0.39, 0.29) is 17.3 Å². The number of aryl methyl sites for hydroxylation is 1. The summed E-state index contributed by atoms with van der Waals surface area (Å²) in [6, 6.07) is 19.2. The Morgan fingerprint density at radius 1 is 0.952 bits per heavy atom. The van der Waals surface area contributed by atoms with E-state index in [1.54, 1.807) is 60.7 Å². The largest absolute Gasteiger partial charge is 0.494 e. The van der Waals surface area contributed by atoms with Crippen molar-refractivity contribution in [2.24, 2.45) is 0 Å². The predicted molar refractivity (Wildman–Crippen MR) is 167 cm³/mol. The van der Waals surface area contributed by atoms with Gasteiger partial charge in [0.25, 0.3) is 10.0 Å². The molecule has 8 nitrogen and oxygen atoms in total. The van der Waals surface area contributed by atoms with Crippen LogP contribution in [0.3, 0.4) is 0 Å². The molecular weight excluding hydrogens is 574 g/mol. The van der Waals surface area contributed by atoms with Crippen molar-refractivity contribution < 1.29 is 22.7 Å². The van der Waals surface area contributed by atoms with E-state index in [1.165, 1.54) is 17.0 Å². The number of anilines is 1. The summed E-state index contributed by atoms with van der Waals surface area (Å²) < 4.78 is 34.6. The van der Waals surface area contributed by atoms with Gasteiger partial charge < -0.3 is 15.0 Å². The summed E-state index contributed by atoms with van der Waals surface area (Å²) in [5, 5.41) is 3.40. The van der Waals surface area contributed by atoms with E-state index in [1.807, 2.05) is 41.5 Å². The first-order valence-corrected chi connectivity index (χ1v) is 15.8. The lowest BCUT2D eigenvalue weighted by Crippen LogP contribution is -2.55. The Labute approximate surface area is 254 Å². The molecule has 0 aromatic heterocycles. The topological polar surface area (TPSA) is 96.0 Å². The molecule has 0 radical (unpaired) electrons. The summed E-state index contributed by atoms with van der Waals surface area (Å²) >= 11 is 6.46. The summed E-state index contributed by atoms with van der Waals surface area (Å²) in [5.74, 6) is -0.335. The third-order valence-electron chi connectivity index (χ3n) is 6.51. The third kappa shape index (κ3) is 8.49. The normalized spacial score (nSPS) is 12.4. The van der Waals surface area contributed by atoms with Crippen LogP contribution in [0.2, 0.25) is 5.02 Å². The number of rotatable bonds is 12. The van der Waals surface area contributed by atoms with Gasteiger partial charge in [0.15, 0.2) is 0 Å². The maximum absolute atomic E-state index is 14.2. The number of amides is 2. The molecule has 0 aliphatic carbocycles. The molecule has 1 N–H and O–H groups in total. The van der Waals surface area contributed by atoms with Gasteiger partial charge in [0, 0.05) is 17.1 Å². The average Bonchev–Trinajstić information content (AvgIpc) is 2.92. The van der Waals surface area contributed by atoms with Crippen molar-refractivity contribution in [2.75, 3.05) is 17.5 Å². The fourth-order valence-electron chi connectivity index (χ4n) is 4.42. The minimum Gasteiger partial charge on any atom is -0.494 e. The zero-order valence-corrected chi connectivity index (χ0v) is 26.6. The Bertz CT molecular complexity index is 1470. The van der Waals surface area contributed by atoms with Crippen molar-refractivity contribution in [1.29, 1.82) is 0 Å². The fourth-order valence-corrected chi connectivity index (χ4v) is 6.03. The smallest absolute Gasteiger partial charge is 0.264 e. The summed E-state index contributed by atoms with van der Waals surface area (Å²) in [5.41, 5.74) is 1.38. The molecule has 226 valence electrons. The van der Waals surface area contributed by atoms with Crippen molar-refractivity contribution in [2.45, 2.75) is 71.0 Å². The number of carbonyl (C=O) groups is 2. The first-order chi connectivity index (χ1) is 19.8. The van der Waals surface area contributed by atoms with Gasteiger partial charge in [-0.15, -0.1) is 0 Å². The van der Waals surface area contributed by atoms with E-state index in [2.05, 4.69) is 5.32 Å². The van der Waals surface area contributed by atoms with Crippen molar-refractivity contribution >= 4 is 39.1 Å². The van der Waals surface area contributed by atoms with Crippen LogP contribution in [-0.4, -0.2) is 49.9 Å². The lowest BCUT2D eigenvalue weighted by molar-refractivity contribution is -0.141. The quantitative estimate of drug-likeness (QED) is 0.272. The van der Waals surface area contributed by atoms with Gasteiger partial charge in [-0.25, -0.2) is 8.42 Å². The van der Waals surface area contributed by atoms with Gasteiger partial charge in [0.05, 0.1) is 17.2 Å². The van der Waals surface area contributed by atoms with Gasteiger partial charge in [0.2, 0.25) is 11.8 Å². The molecule has 2 amide bonds. The number of benzene rings is 3. The van der Waals surface area contributed by atoms with Crippen molar-refractivity contribution in [3.05, 3.63) is 88.9 Å². The number of hydrogen-bond donors (Lipinski definition) is 1. The molecule has 0 saturated heterocycles. The van der Waals surface area contributed by atoms with E-state index in [9.17, 15) is 18.0 Å². The second-order valence-electron chi connectivity index (χ2n) is 11.0. The second-order valence-corrected chi connectivity index (χ2v) is 13.3. The van der Waals surface area contributed by atoms with Gasteiger partial charge in [0.1, 0.15) is 18.3 Å². The van der Waals surface area contributed by atoms with Crippen molar-refractivity contribution in [3.63, 3.8) is 0 Å². The second kappa shape index (κ2) is 14.1. The highest BCUT2D eigenvalue weighted by molar-refractivity contribution is 7.92. The molecule has 3 rings (SSSR count). The first-order valence-electron chi connectivity index (χ1n) is 13.9. The van der Waals surface area contributed by atoms with Gasteiger partial charge in [-0.3, -0.25) is 13.9 Å². The number of carbonyl (C=O) groups excluding carboxylic acids is 2. The van der Waals surface area contributed by atoms with Crippen LogP contribution in [0.15, 0.2) is 77.7 Å². The van der Waals surface area contributed by atoms with Crippen LogP contribution in [0.1, 0.15) is 52.2 Å². The van der Waals surface area contributed by atoms with E-state index in [4.69, 9.17) is 16.3 Å². The molecule has 0 aliphatic heterocycles. The summed E-state index contributed by atoms with van der Waals surface area (Å²) in [7, 11) is -4.19. The summed E-state index contributed by atoms with van der Waals surface area (Å²) in [6.45, 7) is 11.1. The first kappa shape index (κ1) is 32.9. The number of halogens is 1. The lowest BCUT2D eigenvalue weighted by Gasteiger charge is -2.35. The molecule has 1 atom stereocenters.